The summed E-state index contributed by atoms with van der Waals surface area (Å²) in [7, 11) is 0. The number of anilines is 1. The highest BCUT2D eigenvalue weighted by molar-refractivity contribution is 5.72. The number of aromatic nitrogens is 1. The van der Waals surface area contributed by atoms with Crippen molar-refractivity contribution in [3.8, 4) is 0 Å². The standard InChI is InChI=1S/C10H11N3O5/c14-10(15)7-4-18-5-8(7)12-9-3-6(13(16)17)1-2-11-9/h1-3,7-8H,4-5H2,(H,11,12)(H,14,15). The van der Waals surface area contributed by atoms with Crippen LogP contribution in [0.4, 0.5) is 11.5 Å². The van der Waals surface area contributed by atoms with Crippen LogP contribution in [-0.4, -0.2) is 40.2 Å². The summed E-state index contributed by atoms with van der Waals surface area (Å²) >= 11 is 0. The Hall–Kier alpha value is -2.22. The van der Waals surface area contributed by atoms with E-state index in [1.807, 2.05) is 0 Å². The fourth-order valence-corrected chi connectivity index (χ4v) is 1.74. The first kappa shape index (κ1) is 12.2. The Labute approximate surface area is 102 Å². The van der Waals surface area contributed by atoms with Gasteiger partial charge in [0.2, 0.25) is 0 Å². The molecule has 18 heavy (non-hydrogen) atoms. The average Bonchev–Trinajstić information content (AvgIpc) is 2.77. The molecule has 0 radical (unpaired) electrons. The number of carboxylic acids is 1. The molecule has 1 aromatic rings. The maximum Gasteiger partial charge on any atom is 0.311 e. The lowest BCUT2D eigenvalue weighted by Gasteiger charge is -2.15. The Morgan fingerprint density at radius 1 is 1.61 bits per heavy atom. The zero-order valence-corrected chi connectivity index (χ0v) is 9.28. The van der Waals surface area contributed by atoms with Crippen LogP contribution in [0, 0.1) is 16.0 Å². The van der Waals surface area contributed by atoms with Gasteiger partial charge in [-0.3, -0.25) is 14.9 Å². The summed E-state index contributed by atoms with van der Waals surface area (Å²) in [4.78, 5) is 24.9. The topological polar surface area (TPSA) is 115 Å². The highest BCUT2D eigenvalue weighted by Gasteiger charge is 2.34. The molecular weight excluding hydrogens is 242 g/mol. The van der Waals surface area contributed by atoms with Crippen LogP contribution in [0.1, 0.15) is 0 Å². The predicted molar refractivity (Wildman–Crippen MR) is 60.2 cm³/mol. The molecule has 8 nitrogen and oxygen atoms in total. The minimum atomic E-state index is -0.963. The fourth-order valence-electron chi connectivity index (χ4n) is 1.74. The number of ether oxygens (including phenoxy) is 1. The maximum absolute atomic E-state index is 10.9. The molecule has 0 spiro atoms. The number of hydrogen-bond donors (Lipinski definition) is 2. The highest BCUT2D eigenvalue weighted by Crippen LogP contribution is 2.20. The van der Waals surface area contributed by atoms with Gasteiger partial charge in [0.1, 0.15) is 11.7 Å². The molecule has 1 aromatic heterocycles. The molecule has 2 atom stereocenters. The first-order valence-corrected chi connectivity index (χ1v) is 5.25. The summed E-state index contributed by atoms with van der Waals surface area (Å²) in [6.45, 7) is 0.364. The third kappa shape index (κ3) is 2.54. The number of aliphatic carboxylic acids is 1. The Bertz CT molecular complexity index is 478. The van der Waals surface area contributed by atoms with Crippen molar-refractivity contribution in [2.24, 2.45) is 5.92 Å². The second-order valence-corrected chi connectivity index (χ2v) is 3.89. The summed E-state index contributed by atoms with van der Waals surface area (Å²) in [5.74, 6) is -1.37. The molecule has 2 unspecified atom stereocenters. The molecule has 2 N–H and O–H groups in total. The minimum Gasteiger partial charge on any atom is -0.481 e. The Morgan fingerprint density at radius 3 is 3.06 bits per heavy atom. The zero-order valence-electron chi connectivity index (χ0n) is 9.28. The van der Waals surface area contributed by atoms with Crippen LogP contribution >= 0.6 is 0 Å². The molecule has 1 saturated heterocycles. The van der Waals surface area contributed by atoms with Crippen molar-refractivity contribution in [1.82, 2.24) is 4.98 Å². The summed E-state index contributed by atoms with van der Waals surface area (Å²) in [5, 5.41) is 22.4. The number of carbonyl (C=O) groups is 1. The quantitative estimate of drug-likeness (QED) is 0.593. The molecule has 1 aliphatic heterocycles. The van der Waals surface area contributed by atoms with Crippen molar-refractivity contribution < 1.29 is 19.6 Å². The lowest BCUT2D eigenvalue weighted by Crippen LogP contribution is -2.33. The van der Waals surface area contributed by atoms with E-state index in [1.165, 1.54) is 18.3 Å². The lowest BCUT2D eigenvalue weighted by molar-refractivity contribution is -0.384. The first-order valence-electron chi connectivity index (χ1n) is 5.25. The van der Waals surface area contributed by atoms with Gasteiger partial charge in [-0.05, 0) is 0 Å². The second-order valence-electron chi connectivity index (χ2n) is 3.89. The van der Waals surface area contributed by atoms with Crippen molar-refractivity contribution in [2.45, 2.75) is 6.04 Å². The van der Waals surface area contributed by atoms with Crippen molar-refractivity contribution in [3.05, 3.63) is 28.4 Å². The molecule has 8 heteroatoms. The largest absolute Gasteiger partial charge is 0.481 e. The molecule has 0 bridgehead atoms. The van der Waals surface area contributed by atoms with Crippen LogP contribution in [0.3, 0.4) is 0 Å². The number of nitrogens with zero attached hydrogens (tertiary/aromatic N) is 2. The molecule has 96 valence electrons. The van der Waals surface area contributed by atoms with Gasteiger partial charge in [0, 0.05) is 12.3 Å². The van der Waals surface area contributed by atoms with Crippen molar-refractivity contribution in [1.29, 1.82) is 0 Å². The van der Waals surface area contributed by atoms with Crippen LogP contribution < -0.4 is 5.32 Å². The van der Waals surface area contributed by atoms with E-state index in [1.54, 1.807) is 0 Å². The van der Waals surface area contributed by atoms with Gasteiger partial charge in [-0.1, -0.05) is 0 Å². The fraction of sp³-hybridized carbons (Fsp3) is 0.400. The molecule has 2 rings (SSSR count). The Balaban J connectivity index is 2.11. The molecular formula is C10H11N3O5. The normalized spacial score (nSPS) is 22.7. The van der Waals surface area contributed by atoms with Crippen LogP contribution in [-0.2, 0) is 9.53 Å². The highest BCUT2D eigenvalue weighted by atomic mass is 16.6. The van der Waals surface area contributed by atoms with Crippen molar-refractivity contribution >= 4 is 17.5 Å². The average molecular weight is 253 g/mol. The molecule has 0 aliphatic carbocycles. The van der Waals surface area contributed by atoms with E-state index in [2.05, 4.69) is 10.3 Å². The van der Waals surface area contributed by atoms with Gasteiger partial charge in [-0.2, -0.15) is 0 Å². The van der Waals surface area contributed by atoms with Gasteiger partial charge in [0.05, 0.1) is 30.2 Å². The summed E-state index contributed by atoms with van der Waals surface area (Å²) in [5.41, 5.74) is -0.0988. The number of hydrogen-bond acceptors (Lipinski definition) is 6. The first-order chi connectivity index (χ1) is 8.58. The van der Waals surface area contributed by atoms with E-state index in [0.717, 1.165) is 0 Å². The van der Waals surface area contributed by atoms with E-state index in [0.29, 0.717) is 0 Å². The van der Waals surface area contributed by atoms with Crippen LogP contribution in [0.15, 0.2) is 18.3 Å². The summed E-state index contributed by atoms with van der Waals surface area (Å²) < 4.78 is 5.08. The summed E-state index contributed by atoms with van der Waals surface area (Å²) in [6, 6.07) is 2.10. The van der Waals surface area contributed by atoms with E-state index in [4.69, 9.17) is 9.84 Å². The Kier molecular flexibility index (Phi) is 3.38. The molecule has 1 fully saturated rings. The van der Waals surface area contributed by atoms with Crippen LogP contribution in [0.2, 0.25) is 0 Å². The van der Waals surface area contributed by atoms with E-state index >= 15 is 0 Å². The minimum absolute atomic E-state index is 0.0988. The third-order valence-electron chi connectivity index (χ3n) is 2.69. The van der Waals surface area contributed by atoms with Gasteiger partial charge < -0.3 is 15.2 Å². The zero-order chi connectivity index (χ0) is 13.1. The second kappa shape index (κ2) is 4.96. The number of nitrogens with one attached hydrogen (secondary N) is 1. The van der Waals surface area contributed by atoms with E-state index in [-0.39, 0.29) is 24.7 Å². The van der Waals surface area contributed by atoms with Gasteiger partial charge >= 0.3 is 5.97 Å². The SMILES string of the molecule is O=C(O)C1COCC1Nc1cc([N+](=O)[O-])ccn1. The van der Waals surface area contributed by atoms with Gasteiger partial charge in [0.15, 0.2) is 0 Å². The Morgan fingerprint density at radius 2 is 2.39 bits per heavy atom. The molecule has 0 amide bonds. The summed E-state index contributed by atoms with van der Waals surface area (Å²) in [6.07, 6.45) is 1.30. The van der Waals surface area contributed by atoms with Gasteiger partial charge in [-0.15, -0.1) is 0 Å². The monoisotopic (exact) mass is 253 g/mol. The molecule has 2 heterocycles. The smallest absolute Gasteiger partial charge is 0.311 e. The van der Waals surface area contributed by atoms with E-state index in [9.17, 15) is 14.9 Å². The van der Waals surface area contributed by atoms with Gasteiger partial charge in [0.25, 0.3) is 5.69 Å². The third-order valence-corrected chi connectivity index (χ3v) is 2.69. The lowest BCUT2D eigenvalue weighted by atomic mass is 10.0. The van der Waals surface area contributed by atoms with Crippen molar-refractivity contribution in [2.75, 3.05) is 18.5 Å². The van der Waals surface area contributed by atoms with Crippen molar-refractivity contribution in [3.63, 3.8) is 0 Å². The maximum atomic E-state index is 10.9. The number of nitro groups is 1. The van der Waals surface area contributed by atoms with Gasteiger partial charge in [-0.25, -0.2) is 4.98 Å². The molecule has 0 saturated carbocycles. The predicted octanol–water partition coefficient (Wildman–Crippen LogP) is 0.501. The number of rotatable bonds is 4. The molecule has 1 aliphatic rings. The molecule has 0 aromatic carbocycles. The van der Waals surface area contributed by atoms with Crippen LogP contribution in [0.25, 0.3) is 0 Å². The van der Waals surface area contributed by atoms with E-state index < -0.39 is 22.9 Å². The number of carboxylic acid groups (broad SMARTS) is 1. The van der Waals surface area contributed by atoms with Crippen LogP contribution in [0.5, 0.6) is 0 Å². The number of pyridine rings is 1.